The van der Waals surface area contributed by atoms with Gasteiger partial charge in [0.05, 0.1) is 12.8 Å². The maximum Gasteiger partial charge on any atom is 0.326 e. The summed E-state index contributed by atoms with van der Waals surface area (Å²) < 4.78 is 5.22. The zero-order valence-electron chi connectivity index (χ0n) is 11.6. The Balaban J connectivity index is 2.22. The van der Waals surface area contributed by atoms with Gasteiger partial charge in [-0.2, -0.15) is 0 Å². The number of carboxylic acids is 1. The van der Waals surface area contributed by atoms with Gasteiger partial charge in [0.1, 0.15) is 11.8 Å². The number of carbonyl (C=O) groups is 2. The Hall–Kier alpha value is -2.24. The van der Waals surface area contributed by atoms with E-state index >= 15 is 0 Å². The third-order valence-electron chi connectivity index (χ3n) is 3.52. The number of amides is 2. The van der Waals surface area contributed by atoms with Gasteiger partial charge in [0.2, 0.25) is 0 Å². The highest BCUT2D eigenvalue weighted by Crippen LogP contribution is 2.29. The fourth-order valence-electron chi connectivity index (χ4n) is 2.45. The fourth-order valence-corrected chi connectivity index (χ4v) is 2.45. The molecule has 6 heteroatoms. The molecule has 1 N–H and O–H groups in total. The van der Waals surface area contributed by atoms with Gasteiger partial charge in [0.15, 0.2) is 0 Å². The van der Waals surface area contributed by atoms with E-state index in [4.69, 9.17) is 9.84 Å². The van der Waals surface area contributed by atoms with E-state index in [2.05, 4.69) is 0 Å². The summed E-state index contributed by atoms with van der Waals surface area (Å²) in [5.41, 5.74) is 0.621. The summed E-state index contributed by atoms with van der Waals surface area (Å²) in [5, 5.41) is 9.15. The lowest BCUT2D eigenvalue weighted by molar-refractivity contribution is -0.141. The monoisotopic (exact) mass is 278 g/mol. The van der Waals surface area contributed by atoms with Crippen molar-refractivity contribution in [1.82, 2.24) is 4.90 Å². The molecule has 1 aliphatic heterocycles. The van der Waals surface area contributed by atoms with E-state index in [1.165, 1.54) is 16.9 Å². The molecule has 1 atom stereocenters. The van der Waals surface area contributed by atoms with Crippen LogP contribution >= 0.6 is 0 Å². The Bertz CT molecular complexity index is 518. The van der Waals surface area contributed by atoms with Gasteiger partial charge in [-0.25, -0.2) is 9.59 Å². The quantitative estimate of drug-likeness (QED) is 0.915. The number of likely N-dealkylation sites (tertiary alicyclic amines) is 1. The van der Waals surface area contributed by atoms with Gasteiger partial charge in [-0.05, 0) is 25.0 Å². The molecule has 1 saturated heterocycles. The summed E-state index contributed by atoms with van der Waals surface area (Å²) in [4.78, 5) is 26.5. The van der Waals surface area contributed by atoms with Crippen molar-refractivity contribution in [3.8, 4) is 5.75 Å². The molecule has 0 spiro atoms. The van der Waals surface area contributed by atoms with Crippen molar-refractivity contribution in [2.24, 2.45) is 0 Å². The predicted octanol–water partition coefficient (Wildman–Crippen LogP) is 1.80. The zero-order chi connectivity index (χ0) is 14.7. The Kier molecular flexibility index (Phi) is 4.12. The molecule has 1 aromatic rings. The second-order valence-electron chi connectivity index (χ2n) is 4.70. The van der Waals surface area contributed by atoms with Crippen LogP contribution in [0.1, 0.15) is 12.8 Å². The molecule has 0 bridgehead atoms. The van der Waals surface area contributed by atoms with Crippen molar-refractivity contribution >= 4 is 17.7 Å². The van der Waals surface area contributed by atoms with Crippen molar-refractivity contribution in [3.63, 3.8) is 0 Å². The average Bonchev–Trinajstić information content (AvgIpc) is 2.95. The Morgan fingerprint density at radius 1 is 1.40 bits per heavy atom. The summed E-state index contributed by atoms with van der Waals surface area (Å²) in [6.07, 6.45) is 1.21. The molecule has 2 amide bonds. The number of benzene rings is 1. The standard InChI is InChI=1S/C14H18N2O4/c1-15(10-6-3-4-8-12(10)20-2)14(19)16-9-5-7-11(16)13(17)18/h3-4,6,8,11H,5,7,9H2,1-2H3,(H,17,18)/t11-/m1/s1. The van der Waals surface area contributed by atoms with Crippen LogP contribution in [0.15, 0.2) is 24.3 Å². The lowest BCUT2D eigenvalue weighted by Crippen LogP contribution is -2.46. The molecule has 1 aliphatic rings. The molecule has 0 radical (unpaired) electrons. The smallest absolute Gasteiger partial charge is 0.326 e. The van der Waals surface area contributed by atoms with Crippen LogP contribution in [-0.2, 0) is 4.79 Å². The molecule has 20 heavy (non-hydrogen) atoms. The van der Waals surface area contributed by atoms with Crippen LogP contribution in [0.5, 0.6) is 5.75 Å². The van der Waals surface area contributed by atoms with E-state index in [1.807, 2.05) is 6.07 Å². The first-order valence-corrected chi connectivity index (χ1v) is 6.46. The van der Waals surface area contributed by atoms with E-state index in [0.717, 1.165) is 0 Å². The number of para-hydroxylation sites is 2. The summed E-state index contributed by atoms with van der Waals surface area (Å²) in [7, 11) is 3.16. The topological polar surface area (TPSA) is 70.1 Å². The maximum absolute atomic E-state index is 12.5. The fraction of sp³-hybridized carbons (Fsp3) is 0.429. The van der Waals surface area contributed by atoms with Crippen molar-refractivity contribution in [2.75, 3.05) is 25.6 Å². The molecular weight excluding hydrogens is 260 g/mol. The first kappa shape index (κ1) is 14.2. The van der Waals surface area contributed by atoms with Crippen LogP contribution in [0.2, 0.25) is 0 Å². The molecule has 0 unspecified atom stereocenters. The van der Waals surface area contributed by atoms with E-state index in [0.29, 0.717) is 30.8 Å². The number of methoxy groups -OCH3 is 1. The third-order valence-corrected chi connectivity index (χ3v) is 3.52. The van der Waals surface area contributed by atoms with Crippen molar-refractivity contribution in [3.05, 3.63) is 24.3 Å². The average molecular weight is 278 g/mol. The van der Waals surface area contributed by atoms with Crippen LogP contribution < -0.4 is 9.64 Å². The number of urea groups is 1. The Morgan fingerprint density at radius 3 is 2.75 bits per heavy atom. The first-order chi connectivity index (χ1) is 9.56. The molecule has 1 fully saturated rings. The van der Waals surface area contributed by atoms with Crippen LogP contribution in [0.4, 0.5) is 10.5 Å². The SMILES string of the molecule is COc1ccccc1N(C)C(=O)N1CCC[C@@H]1C(=O)O. The van der Waals surface area contributed by atoms with Crippen LogP contribution in [0, 0.1) is 0 Å². The van der Waals surface area contributed by atoms with Crippen molar-refractivity contribution in [2.45, 2.75) is 18.9 Å². The van der Waals surface area contributed by atoms with Crippen LogP contribution in [0.3, 0.4) is 0 Å². The molecule has 1 heterocycles. The van der Waals surface area contributed by atoms with Crippen molar-refractivity contribution in [1.29, 1.82) is 0 Å². The number of hydrogen-bond donors (Lipinski definition) is 1. The lowest BCUT2D eigenvalue weighted by Gasteiger charge is -2.28. The highest BCUT2D eigenvalue weighted by atomic mass is 16.5. The van der Waals surface area contributed by atoms with Gasteiger partial charge < -0.3 is 14.7 Å². The number of nitrogens with zero attached hydrogens (tertiary/aromatic N) is 2. The van der Waals surface area contributed by atoms with Gasteiger partial charge >= 0.3 is 12.0 Å². The number of aliphatic carboxylic acids is 1. The van der Waals surface area contributed by atoms with E-state index in [-0.39, 0.29) is 6.03 Å². The molecule has 6 nitrogen and oxygen atoms in total. The molecule has 2 rings (SSSR count). The second kappa shape index (κ2) is 5.81. The van der Waals surface area contributed by atoms with Crippen LogP contribution in [0.25, 0.3) is 0 Å². The molecule has 0 saturated carbocycles. The molecule has 1 aromatic carbocycles. The lowest BCUT2D eigenvalue weighted by atomic mass is 10.2. The summed E-state index contributed by atoms with van der Waals surface area (Å²) in [5.74, 6) is -0.376. The molecule has 0 aliphatic carbocycles. The van der Waals surface area contributed by atoms with Crippen LogP contribution in [-0.4, -0.2) is 48.8 Å². The molecule has 0 aromatic heterocycles. The number of hydrogen-bond acceptors (Lipinski definition) is 3. The number of rotatable bonds is 3. The largest absolute Gasteiger partial charge is 0.495 e. The van der Waals surface area contributed by atoms with E-state index < -0.39 is 12.0 Å². The van der Waals surface area contributed by atoms with Gasteiger partial charge in [-0.3, -0.25) is 4.90 Å². The van der Waals surface area contributed by atoms with Gasteiger partial charge in [-0.15, -0.1) is 0 Å². The maximum atomic E-state index is 12.5. The van der Waals surface area contributed by atoms with E-state index in [9.17, 15) is 9.59 Å². The minimum Gasteiger partial charge on any atom is -0.495 e. The Labute approximate surface area is 117 Å². The number of carbonyl (C=O) groups excluding carboxylic acids is 1. The normalized spacial score (nSPS) is 17.9. The van der Waals surface area contributed by atoms with Gasteiger partial charge in [-0.1, -0.05) is 12.1 Å². The number of carboxylic acid groups (broad SMARTS) is 1. The predicted molar refractivity (Wildman–Crippen MR) is 74.2 cm³/mol. The van der Waals surface area contributed by atoms with Crippen molar-refractivity contribution < 1.29 is 19.4 Å². The minimum absolute atomic E-state index is 0.320. The Morgan fingerprint density at radius 2 is 2.10 bits per heavy atom. The van der Waals surface area contributed by atoms with Gasteiger partial charge in [0, 0.05) is 13.6 Å². The minimum atomic E-state index is -0.954. The second-order valence-corrected chi connectivity index (χ2v) is 4.70. The molecule has 108 valence electrons. The number of anilines is 1. The van der Waals surface area contributed by atoms with E-state index in [1.54, 1.807) is 25.2 Å². The summed E-state index contributed by atoms with van der Waals surface area (Å²) in [6, 6.07) is 6.09. The molecular formula is C14H18N2O4. The highest BCUT2D eigenvalue weighted by Gasteiger charge is 2.36. The zero-order valence-corrected chi connectivity index (χ0v) is 11.6. The summed E-state index contributed by atoms with van der Waals surface area (Å²) in [6.45, 7) is 0.468. The third kappa shape index (κ3) is 2.54. The van der Waals surface area contributed by atoms with Gasteiger partial charge in [0.25, 0.3) is 0 Å². The summed E-state index contributed by atoms with van der Waals surface area (Å²) >= 11 is 0. The highest BCUT2D eigenvalue weighted by molar-refractivity contribution is 5.95. The first-order valence-electron chi connectivity index (χ1n) is 6.46. The number of ether oxygens (including phenoxy) is 1.